The van der Waals surface area contributed by atoms with Crippen molar-refractivity contribution in [2.45, 2.75) is 25.1 Å². The lowest BCUT2D eigenvalue weighted by Gasteiger charge is -2.27. The zero-order valence-corrected chi connectivity index (χ0v) is 15.2. The van der Waals surface area contributed by atoms with E-state index < -0.39 is 23.8 Å². The molecular formula is C19H21F3N4O2. The number of benzene rings is 1. The van der Waals surface area contributed by atoms with Crippen molar-refractivity contribution in [2.75, 3.05) is 32.7 Å². The van der Waals surface area contributed by atoms with Gasteiger partial charge in [0, 0.05) is 13.1 Å². The minimum absolute atomic E-state index is 0.118. The quantitative estimate of drug-likeness (QED) is 0.824. The predicted molar refractivity (Wildman–Crippen MR) is 95.1 cm³/mol. The van der Waals surface area contributed by atoms with Gasteiger partial charge in [-0.3, -0.25) is 4.79 Å². The summed E-state index contributed by atoms with van der Waals surface area (Å²) < 4.78 is 40.4. The van der Waals surface area contributed by atoms with Crippen LogP contribution >= 0.6 is 0 Å². The molecule has 4 rings (SSSR count). The van der Waals surface area contributed by atoms with Crippen molar-refractivity contribution < 1.29 is 22.8 Å². The van der Waals surface area contributed by atoms with E-state index in [1.165, 1.54) is 18.2 Å². The second-order valence-electron chi connectivity index (χ2n) is 7.28. The van der Waals surface area contributed by atoms with Gasteiger partial charge in [0.05, 0.1) is 29.4 Å². The zero-order valence-electron chi connectivity index (χ0n) is 15.2. The molecule has 9 heteroatoms. The summed E-state index contributed by atoms with van der Waals surface area (Å²) in [5, 5.41) is 5.10. The highest BCUT2D eigenvalue weighted by molar-refractivity contribution is 6.01. The van der Waals surface area contributed by atoms with Gasteiger partial charge in [-0.2, -0.15) is 13.2 Å². The number of rotatable bonds is 4. The fourth-order valence-corrected chi connectivity index (χ4v) is 4.12. The number of amides is 3. The van der Waals surface area contributed by atoms with E-state index >= 15 is 0 Å². The fourth-order valence-electron chi connectivity index (χ4n) is 4.12. The van der Waals surface area contributed by atoms with Crippen molar-refractivity contribution in [3.05, 3.63) is 46.7 Å². The normalized spacial score (nSPS) is 23.1. The van der Waals surface area contributed by atoms with Crippen LogP contribution in [0.3, 0.4) is 0 Å². The standard InChI is InChI=1S/C19H21F3N4O2/c20-19(21,22)13-6-2-1-5-12(13)16-15-14(23-18(28)24-16)11-26(17(15)27)10-9-25-7-3-4-8-25/h1-2,5-6,16H,3-4,7-11H2,(H2,23,24,28)/t16-/m1/s1. The number of likely N-dealkylation sites (tertiary alicyclic amines) is 1. The summed E-state index contributed by atoms with van der Waals surface area (Å²) in [6.45, 7) is 3.40. The van der Waals surface area contributed by atoms with Crippen LogP contribution in [0.15, 0.2) is 35.5 Å². The molecule has 3 aliphatic heterocycles. The minimum Gasteiger partial charge on any atom is -0.332 e. The average molecular weight is 394 g/mol. The first-order valence-electron chi connectivity index (χ1n) is 9.33. The third-order valence-electron chi connectivity index (χ3n) is 5.48. The molecule has 1 saturated heterocycles. The van der Waals surface area contributed by atoms with Crippen molar-refractivity contribution in [3.63, 3.8) is 0 Å². The highest BCUT2D eigenvalue weighted by Gasteiger charge is 2.43. The topological polar surface area (TPSA) is 64.7 Å². The molecule has 1 atom stereocenters. The maximum absolute atomic E-state index is 13.5. The summed E-state index contributed by atoms with van der Waals surface area (Å²) in [5.74, 6) is -0.330. The first-order chi connectivity index (χ1) is 13.3. The van der Waals surface area contributed by atoms with Crippen LogP contribution in [-0.4, -0.2) is 54.5 Å². The lowest BCUT2D eigenvalue weighted by Crippen LogP contribution is -2.44. The number of nitrogens with one attached hydrogen (secondary N) is 2. The first kappa shape index (κ1) is 18.8. The summed E-state index contributed by atoms with van der Waals surface area (Å²) in [4.78, 5) is 28.9. The van der Waals surface area contributed by atoms with Gasteiger partial charge in [-0.1, -0.05) is 18.2 Å². The summed E-state index contributed by atoms with van der Waals surface area (Å²) in [7, 11) is 0. The summed E-state index contributed by atoms with van der Waals surface area (Å²) in [6.07, 6.45) is -2.30. The van der Waals surface area contributed by atoms with Gasteiger partial charge < -0.3 is 20.4 Å². The van der Waals surface area contributed by atoms with Crippen LogP contribution in [-0.2, 0) is 11.0 Å². The van der Waals surface area contributed by atoms with Gasteiger partial charge in [0.15, 0.2) is 0 Å². The maximum Gasteiger partial charge on any atom is 0.416 e. The fraction of sp³-hybridized carbons (Fsp3) is 0.474. The molecule has 28 heavy (non-hydrogen) atoms. The number of urea groups is 1. The number of alkyl halides is 3. The number of hydrogen-bond donors (Lipinski definition) is 2. The number of carbonyl (C=O) groups excluding carboxylic acids is 2. The molecule has 3 amide bonds. The summed E-state index contributed by atoms with van der Waals surface area (Å²) in [6, 6.07) is 3.33. The molecule has 0 spiro atoms. The molecule has 150 valence electrons. The van der Waals surface area contributed by atoms with Crippen molar-refractivity contribution in [2.24, 2.45) is 0 Å². The molecule has 0 saturated carbocycles. The Labute approximate surface area is 160 Å². The van der Waals surface area contributed by atoms with Crippen LogP contribution in [0.1, 0.15) is 30.0 Å². The van der Waals surface area contributed by atoms with Gasteiger partial charge in [-0.25, -0.2) is 4.79 Å². The van der Waals surface area contributed by atoms with E-state index in [1.807, 2.05) is 0 Å². The molecule has 6 nitrogen and oxygen atoms in total. The Hall–Kier alpha value is -2.55. The molecule has 0 bridgehead atoms. The number of carbonyl (C=O) groups is 2. The molecule has 3 heterocycles. The zero-order chi connectivity index (χ0) is 19.9. The van der Waals surface area contributed by atoms with Gasteiger partial charge >= 0.3 is 12.2 Å². The van der Waals surface area contributed by atoms with Crippen molar-refractivity contribution >= 4 is 11.9 Å². The Morgan fingerprint density at radius 3 is 2.50 bits per heavy atom. The van der Waals surface area contributed by atoms with Crippen LogP contribution in [0.5, 0.6) is 0 Å². The van der Waals surface area contributed by atoms with E-state index in [4.69, 9.17) is 0 Å². The molecule has 1 fully saturated rings. The largest absolute Gasteiger partial charge is 0.416 e. The van der Waals surface area contributed by atoms with E-state index in [-0.39, 0.29) is 23.6 Å². The Morgan fingerprint density at radius 2 is 1.79 bits per heavy atom. The SMILES string of the molecule is O=C1NC2=C(C(=O)N(CCN3CCCC3)C2)[C@@H](c2ccccc2C(F)(F)F)N1. The van der Waals surface area contributed by atoms with E-state index in [9.17, 15) is 22.8 Å². The van der Waals surface area contributed by atoms with Crippen molar-refractivity contribution in [1.29, 1.82) is 0 Å². The smallest absolute Gasteiger partial charge is 0.332 e. The van der Waals surface area contributed by atoms with Gasteiger partial charge in [-0.15, -0.1) is 0 Å². The van der Waals surface area contributed by atoms with Gasteiger partial charge in [0.1, 0.15) is 0 Å². The van der Waals surface area contributed by atoms with Crippen LogP contribution < -0.4 is 10.6 Å². The highest BCUT2D eigenvalue weighted by Crippen LogP contribution is 2.39. The van der Waals surface area contributed by atoms with E-state index in [0.29, 0.717) is 12.2 Å². The van der Waals surface area contributed by atoms with Gasteiger partial charge in [-0.05, 0) is 37.6 Å². The third kappa shape index (κ3) is 3.46. The number of halogens is 3. The summed E-state index contributed by atoms with van der Waals surface area (Å²) >= 11 is 0. The number of hydrogen-bond acceptors (Lipinski definition) is 3. The molecule has 3 aliphatic rings. The van der Waals surface area contributed by atoms with Crippen LogP contribution in [0.2, 0.25) is 0 Å². The monoisotopic (exact) mass is 394 g/mol. The third-order valence-corrected chi connectivity index (χ3v) is 5.48. The molecule has 0 aromatic heterocycles. The molecule has 0 unspecified atom stereocenters. The Balaban J connectivity index is 1.60. The first-order valence-corrected chi connectivity index (χ1v) is 9.33. The Morgan fingerprint density at radius 1 is 1.07 bits per heavy atom. The van der Waals surface area contributed by atoms with E-state index in [1.54, 1.807) is 4.90 Å². The van der Waals surface area contributed by atoms with Crippen molar-refractivity contribution in [1.82, 2.24) is 20.4 Å². The summed E-state index contributed by atoms with van der Waals surface area (Å²) in [5.41, 5.74) is -0.390. The second kappa shape index (κ2) is 7.12. The average Bonchev–Trinajstić information content (AvgIpc) is 3.27. The van der Waals surface area contributed by atoms with Gasteiger partial charge in [0.2, 0.25) is 0 Å². The van der Waals surface area contributed by atoms with E-state index in [2.05, 4.69) is 15.5 Å². The van der Waals surface area contributed by atoms with Crippen LogP contribution in [0.25, 0.3) is 0 Å². The molecule has 2 N–H and O–H groups in total. The lowest BCUT2D eigenvalue weighted by atomic mass is 9.92. The maximum atomic E-state index is 13.5. The van der Waals surface area contributed by atoms with Crippen LogP contribution in [0.4, 0.5) is 18.0 Å². The van der Waals surface area contributed by atoms with Crippen molar-refractivity contribution in [3.8, 4) is 0 Å². The molecular weight excluding hydrogens is 373 g/mol. The molecule has 1 aromatic rings. The minimum atomic E-state index is -4.58. The lowest BCUT2D eigenvalue weighted by molar-refractivity contribution is -0.138. The Bertz CT molecular complexity index is 831. The van der Waals surface area contributed by atoms with Crippen LogP contribution in [0, 0.1) is 0 Å². The highest BCUT2D eigenvalue weighted by atomic mass is 19.4. The molecule has 0 radical (unpaired) electrons. The number of nitrogens with zero attached hydrogens (tertiary/aromatic N) is 2. The predicted octanol–water partition coefficient (Wildman–Crippen LogP) is 2.25. The molecule has 0 aliphatic carbocycles. The second-order valence-corrected chi connectivity index (χ2v) is 7.28. The van der Waals surface area contributed by atoms with E-state index in [0.717, 1.165) is 38.5 Å². The van der Waals surface area contributed by atoms with Gasteiger partial charge in [0.25, 0.3) is 5.91 Å². The molecule has 1 aromatic carbocycles. The Kier molecular flexibility index (Phi) is 4.78.